The molecular formula is C14H22ClNO2. The summed E-state index contributed by atoms with van der Waals surface area (Å²) in [6, 6.07) is 4.01. The molecule has 2 atom stereocenters. The van der Waals surface area contributed by atoms with Gasteiger partial charge in [0.25, 0.3) is 0 Å². The Morgan fingerprint density at radius 3 is 2.61 bits per heavy atom. The number of halogens is 1. The van der Waals surface area contributed by atoms with Gasteiger partial charge in [0, 0.05) is 12.1 Å². The van der Waals surface area contributed by atoms with Crippen LogP contribution >= 0.6 is 12.4 Å². The van der Waals surface area contributed by atoms with Gasteiger partial charge in [0.1, 0.15) is 5.75 Å². The number of aliphatic hydroxyl groups is 1. The first-order valence-corrected chi connectivity index (χ1v) is 6.26. The van der Waals surface area contributed by atoms with Crippen molar-refractivity contribution in [2.75, 3.05) is 0 Å². The summed E-state index contributed by atoms with van der Waals surface area (Å²) in [4.78, 5) is 0. The zero-order valence-corrected chi connectivity index (χ0v) is 11.9. The fourth-order valence-electron chi connectivity index (χ4n) is 2.65. The van der Waals surface area contributed by atoms with Crippen molar-refractivity contribution in [1.29, 1.82) is 0 Å². The predicted molar refractivity (Wildman–Crippen MR) is 75.4 cm³/mol. The molecule has 2 rings (SSSR count). The number of hydrogen-bond donors (Lipinski definition) is 3. The molecule has 0 bridgehead atoms. The second kappa shape index (κ2) is 5.91. The lowest BCUT2D eigenvalue weighted by atomic mass is 9.83. The van der Waals surface area contributed by atoms with Crippen LogP contribution in [-0.2, 0) is 6.42 Å². The van der Waals surface area contributed by atoms with Gasteiger partial charge in [-0.25, -0.2) is 0 Å². The van der Waals surface area contributed by atoms with Crippen molar-refractivity contribution in [3.63, 3.8) is 0 Å². The molecule has 0 radical (unpaired) electrons. The summed E-state index contributed by atoms with van der Waals surface area (Å²) in [7, 11) is 0. The van der Waals surface area contributed by atoms with Crippen LogP contribution in [-0.4, -0.2) is 22.3 Å². The maximum Gasteiger partial charge on any atom is 0.118 e. The van der Waals surface area contributed by atoms with Crippen LogP contribution in [0.25, 0.3) is 0 Å². The zero-order valence-electron chi connectivity index (χ0n) is 11.1. The van der Waals surface area contributed by atoms with E-state index in [4.69, 9.17) is 0 Å². The highest BCUT2D eigenvalue weighted by Gasteiger charge is 2.29. The molecule has 18 heavy (non-hydrogen) atoms. The van der Waals surface area contributed by atoms with Crippen LogP contribution in [0.1, 0.15) is 43.1 Å². The van der Waals surface area contributed by atoms with Crippen LogP contribution < -0.4 is 5.32 Å². The van der Waals surface area contributed by atoms with E-state index in [9.17, 15) is 10.2 Å². The maximum absolute atomic E-state index is 10.3. The third-order valence-electron chi connectivity index (χ3n) is 3.56. The average Bonchev–Trinajstić information content (AvgIpc) is 2.27. The quantitative estimate of drug-likeness (QED) is 0.775. The number of phenols is 1. The summed E-state index contributed by atoms with van der Waals surface area (Å²) < 4.78 is 0. The smallest absolute Gasteiger partial charge is 0.118 e. The van der Waals surface area contributed by atoms with Crippen molar-refractivity contribution in [1.82, 2.24) is 5.32 Å². The van der Waals surface area contributed by atoms with E-state index in [0.717, 1.165) is 29.5 Å². The summed E-state index contributed by atoms with van der Waals surface area (Å²) >= 11 is 0. The molecule has 4 heteroatoms. The predicted octanol–water partition coefficient (Wildman–Crippen LogP) is 2.47. The topological polar surface area (TPSA) is 52.5 Å². The third kappa shape index (κ3) is 2.79. The molecule has 3 nitrogen and oxygen atoms in total. The average molecular weight is 272 g/mol. The number of aliphatic hydroxyl groups excluding tert-OH is 1. The van der Waals surface area contributed by atoms with Gasteiger partial charge in [-0.2, -0.15) is 0 Å². The van der Waals surface area contributed by atoms with Crippen LogP contribution in [0.15, 0.2) is 12.1 Å². The van der Waals surface area contributed by atoms with Gasteiger partial charge in [0.15, 0.2) is 0 Å². The van der Waals surface area contributed by atoms with Crippen molar-refractivity contribution in [3.8, 4) is 5.75 Å². The van der Waals surface area contributed by atoms with Crippen LogP contribution in [0.2, 0.25) is 0 Å². The fraction of sp³-hybridized carbons (Fsp3) is 0.571. The molecule has 1 aliphatic rings. The number of fused-ring (bicyclic) bond motifs is 1. The number of benzene rings is 1. The zero-order chi connectivity index (χ0) is 12.6. The fourth-order valence-corrected chi connectivity index (χ4v) is 2.65. The summed E-state index contributed by atoms with van der Waals surface area (Å²) in [6.07, 6.45) is 1.36. The standard InChI is InChI=1S/C14H21NO2.ClH/c1-8(2)15-12-6-4-10-9(3)13(16)7-5-11(10)14(12)17;/h5,7-8,12,14-17H,4,6H2,1-3H3;1H. The molecule has 1 aromatic rings. The Labute approximate surface area is 115 Å². The van der Waals surface area contributed by atoms with Gasteiger partial charge < -0.3 is 15.5 Å². The lowest BCUT2D eigenvalue weighted by molar-refractivity contribution is 0.110. The van der Waals surface area contributed by atoms with Crippen molar-refractivity contribution >= 4 is 12.4 Å². The number of rotatable bonds is 2. The highest BCUT2D eigenvalue weighted by atomic mass is 35.5. The van der Waals surface area contributed by atoms with Gasteiger partial charge in [-0.05, 0) is 42.5 Å². The normalized spacial score (nSPS) is 22.5. The van der Waals surface area contributed by atoms with Gasteiger partial charge in [-0.1, -0.05) is 19.9 Å². The van der Waals surface area contributed by atoms with Crippen LogP contribution in [0.5, 0.6) is 5.75 Å². The number of nitrogens with one attached hydrogen (secondary N) is 1. The molecule has 0 aliphatic heterocycles. The van der Waals surface area contributed by atoms with Crippen LogP contribution in [0.4, 0.5) is 0 Å². The Hall–Kier alpha value is -0.770. The van der Waals surface area contributed by atoms with Crippen LogP contribution in [0, 0.1) is 6.92 Å². The minimum Gasteiger partial charge on any atom is -0.508 e. The number of hydrogen-bond acceptors (Lipinski definition) is 3. The van der Waals surface area contributed by atoms with Gasteiger partial charge in [0.05, 0.1) is 6.10 Å². The molecule has 0 saturated heterocycles. The SMILES string of the molecule is Cc1c(O)ccc2c1CCC(NC(C)C)C2O.Cl. The minimum absolute atomic E-state index is 0. The second-order valence-corrected chi connectivity index (χ2v) is 5.19. The van der Waals surface area contributed by atoms with E-state index >= 15 is 0 Å². The first-order chi connectivity index (χ1) is 8.00. The Balaban J connectivity index is 0.00000162. The molecule has 0 heterocycles. The number of phenolic OH excluding ortho intramolecular Hbond substituents is 1. The number of aromatic hydroxyl groups is 1. The largest absolute Gasteiger partial charge is 0.508 e. The van der Waals surface area contributed by atoms with Crippen molar-refractivity contribution in [2.24, 2.45) is 0 Å². The van der Waals surface area contributed by atoms with E-state index in [-0.39, 0.29) is 18.4 Å². The van der Waals surface area contributed by atoms with E-state index in [0.29, 0.717) is 11.8 Å². The van der Waals surface area contributed by atoms with E-state index in [1.54, 1.807) is 6.07 Å². The minimum atomic E-state index is -0.472. The lowest BCUT2D eigenvalue weighted by Crippen LogP contribution is -2.42. The molecule has 0 fully saturated rings. The Kier molecular flexibility index (Phi) is 5.02. The molecule has 3 N–H and O–H groups in total. The van der Waals surface area contributed by atoms with Gasteiger partial charge in [-0.15, -0.1) is 12.4 Å². The summed E-state index contributed by atoms with van der Waals surface area (Å²) in [6.45, 7) is 6.09. The second-order valence-electron chi connectivity index (χ2n) is 5.19. The van der Waals surface area contributed by atoms with E-state index in [1.807, 2.05) is 13.0 Å². The Morgan fingerprint density at radius 1 is 1.33 bits per heavy atom. The summed E-state index contributed by atoms with van der Waals surface area (Å²) in [5, 5.41) is 23.4. The van der Waals surface area contributed by atoms with Gasteiger partial charge in [0.2, 0.25) is 0 Å². The summed E-state index contributed by atoms with van der Waals surface area (Å²) in [5.74, 6) is 0.325. The van der Waals surface area contributed by atoms with E-state index in [1.165, 1.54) is 0 Å². The highest BCUT2D eigenvalue weighted by molar-refractivity contribution is 5.85. The Morgan fingerprint density at radius 2 is 2.00 bits per heavy atom. The molecular weight excluding hydrogens is 250 g/mol. The van der Waals surface area contributed by atoms with E-state index in [2.05, 4.69) is 19.2 Å². The van der Waals surface area contributed by atoms with Crippen molar-refractivity contribution in [2.45, 2.75) is 51.8 Å². The highest BCUT2D eigenvalue weighted by Crippen LogP contribution is 2.35. The molecule has 0 aromatic heterocycles. The monoisotopic (exact) mass is 271 g/mol. The molecule has 0 saturated carbocycles. The first-order valence-electron chi connectivity index (χ1n) is 6.26. The van der Waals surface area contributed by atoms with Crippen LogP contribution in [0.3, 0.4) is 0 Å². The van der Waals surface area contributed by atoms with Crippen molar-refractivity contribution < 1.29 is 10.2 Å². The molecule has 102 valence electrons. The Bertz CT molecular complexity index is 421. The van der Waals surface area contributed by atoms with E-state index < -0.39 is 6.10 Å². The van der Waals surface area contributed by atoms with Crippen molar-refractivity contribution in [3.05, 3.63) is 28.8 Å². The third-order valence-corrected chi connectivity index (χ3v) is 3.56. The molecule has 0 amide bonds. The lowest BCUT2D eigenvalue weighted by Gasteiger charge is -2.33. The van der Waals surface area contributed by atoms with Gasteiger partial charge >= 0.3 is 0 Å². The first kappa shape index (κ1) is 15.3. The van der Waals surface area contributed by atoms with Gasteiger partial charge in [-0.3, -0.25) is 0 Å². The summed E-state index contributed by atoms with van der Waals surface area (Å²) in [5.41, 5.74) is 2.98. The molecule has 1 aliphatic carbocycles. The molecule has 2 unspecified atom stereocenters. The maximum atomic E-state index is 10.3. The molecule has 0 spiro atoms. The molecule has 1 aromatic carbocycles.